The second-order valence-corrected chi connectivity index (χ2v) is 7.40. The topological polar surface area (TPSA) is 26.0 Å². The molecule has 0 saturated heterocycles. The van der Waals surface area contributed by atoms with E-state index in [9.17, 15) is 0 Å². The third kappa shape index (κ3) is 1.27. The van der Waals surface area contributed by atoms with Gasteiger partial charge >= 0.3 is 0 Å². The molecule has 1 nitrogen and oxygen atoms in total. The molecule has 0 spiro atoms. The SMILES string of the molecule is NC1(C2[C@H]3C[C@H]4C[C@H](C3)C[C@H]2C4)CCCC1. The van der Waals surface area contributed by atoms with Gasteiger partial charge in [0.25, 0.3) is 0 Å². The fourth-order valence-corrected chi connectivity index (χ4v) is 6.23. The molecular weight excluding hydrogens is 194 g/mol. The van der Waals surface area contributed by atoms with Crippen molar-refractivity contribution in [3.63, 3.8) is 0 Å². The van der Waals surface area contributed by atoms with Crippen LogP contribution in [0.2, 0.25) is 0 Å². The van der Waals surface area contributed by atoms with E-state index in [2.05, 4.69) is 0 Å². The third-order valence-electron chi connectivity index (χ3n) is 6.43. The van der Waals surface area contributed by atoms with Crippen LogP contribution in [0.5, 0.6) is 0 Å². The summed E-state index contributed by atoms with van der Waals surface area (Å²) in [4.78, 5) is 0. The summed E-state index contributed by atoms with van der Waals surface area (Å²) in [6.07, 6.45) is 13.2. The second kappa shape index (κ2) is 3.25. The fraction of sp³-hybridized carbons (Fsp3) is 1.00. The molecule has 0 amide bonds. The molecule has 5 aliphatic rings. The number of hydrogen-bond acceptors (Lipinski definition) is 1. The van der Waals surface area contributed by atoms with Crippen LogP contribution >= 0.6 is 0 Å². The van der Waals surface area contributed by atoms with Crippen molar-refractivity contribution in [2.45, 2.75) is 63.3 Å². The highest BCUT2D eigenvalue weighted by atomic mass is 14.8. The van der Waals surface area contributed by atoms with Gasteiger partial charge in [0.15, 0.2) is 0 Å². The van der Waals surface area contributed by atoms with Crippen molar-refractivity contribution in [2.24, 2.45) is 35.3 Å². The summed E-state index contributed by atoms with van der Waals surface area (Å²) in [5.74, 6) is 5.18. The minimum Gasteiger partial charge on any atom is -0.325 e. The molecule has 0 aromatic heterocycles. The molecule has 5 rings (SSSR count). The molecule has 0 radical (unpaired) electrons. The highest BCUT2D eigenvalue weighted by Gasteiger charge is 2.54. The van der Waals surface area contributed by atoms with Crippen LogP contribution in [0.1, 0.15) is 57.8 Å². The van der Waals surface area contributed by atoms with Gasteiger partial charge in [0.05, 0.1) is 0 Å². The smallest absolute Gasteiger partial charge is 0.0188 e. The zero-order chi connectivity index (χ0) is 10.8. The molecule has 4 bridgehead atoms. The summed E-state index contributed by atoms with van der Waals surface area (Å²) >= 11 is 0. The lowest BCUT2D eigenvalue weighted by Gasteiger charge is -2.58. The molecule has 0 aromatic rings. The number of hydrogen-bond donors (Lipinski definition) is 1. The lowest BCUT2D eigenvalue weighted by Crippen LogP contribution is -2.57. The maximum absolute atomic E-state index is 6.78. The molecule has 0 aliphatic heterocycles. The Morgan fingerprint density at radius 1 is 0.750 bits per heavy atom. The van der Waals surface area contributed by atoms with Crippen LogP contribution in [0.25, 0.3) is 0 Å². The maximum atomic E-state index is 6.78. The fourth-order valence-electron chi connectivity index (χ4n) is 6.23. The molecule has 0 aromatic carbocycles. The lowest BCUT2D eigenvalue weighted by molar-refractivity contribution is -0.0685. The number of nitrogens with two attached hydrogens (primary N) is 1. The van der Waals surface area contributed by atoms with Crippen molar-refractivity contribution in [2.75, 3.05) is 0 Å². The molecule has 5 saturated carbocycles. The zero-order valence-electron chi connectivity index (χ0n) is 10.3. The summed E-state index contributed by atoms with van der Waals surface area (Å²) in [5.41, 5.74) is 7.05. The Labute approximate surface area is 99.2 Å². The van der Waals surface area contributed by atoms with Crippen LogP contribution in [0.15, 0.2) is 0 Å². The maximum Gasteiger partial charge on any atom is 0.0188 e. The van der Waals surface area contributed by atoms with E-state index in [1.165, 1.54) is 51.4 Å². The van der Waals surface area contributed by atoms with Crippen LogP contribution in [-0.2, 0) is 0 Å². The van der Waals surface area contributed by atoms with E-state index in [0.29, 0.717) is 0 Å². The first-order valence-corrected chi connectivity index (χ1v) is 7.53. The third-order valence-corrected chi connectivity index (χ3v) is 6.43. The average molecular weight is 219 g/mol. The van der Waals surface area contributed by atoms with Crippen molar-refractivity contribution >= 4 is 0 Å². The average Bonchev–Trinajstić information content (AvgIpc) is 2.64. The van der Waals surface area contributed by atoms with Gasteiger partial charge in [0.1, 0.15) is 0 Å². The largest absolute Gasteiger partial charge is 0.325 e. The predicted molar refractivity (Wildman–Crippen MR) is 65.9 cm³/mol. The summed E-state index contributed by atoms with van der Waals surface area (Å²) in [7, 11) is 0. The van der Waals surface area contributed by atoms with E-state index in [0.717, 1.165) is 29.6 Å². The van der Waals surface area contributed by atoms with Crippen molar-refractivity contribution in [1.82, 2.24) is 0 Å². The molecule has 0 atom stereocenters. The Kier molecular flexibility index (Phi) is 2.02. The van der Waals surface area contributed by atoms with Crippen molar-refractivity contribution in [1.29, 1.82) is 0 Å². The van der Waals surface area contributed by atoms with Crippen LogP contribution in [0.3, 0.4) is 0 Å². The van der Waals surface area contributed by atoms with Gasteiger partial charge in [0, 0.05) is 5.54 Å². The first-order valence-electron chi connectivity index (χ1n) is 7.53. The van der Waals surface area contributed by atoms with Gasteiger partial charge in [0.2, 0.25) is 0 Å². The molecule has 5 fully saturated rings. The van der Waals surface area contributed by atoms with Gasteiger partial charge in [-0.05, 0) is 74.5 Å². The van der Waals surface area contributed by atoms with Crippen molar-refractivity contribution < 1.29 is 0 Å². The Bertz CT molecular complexity index is 262. The van der Waals surface area contributed by atoms with Gasteiger partial charge in [-0.2, -0.15) is 0 Å². The highest BCUT2D eigenvalue weighted by Crippen LogP contribution is 2.60. The van der Waals surface area contributed by atoms with Crippen molar-refractivity contribution in [3.8, 4) is 0 Å². The standard InChI is InChI=1S/C15H25N/c16-15(3-1-2-4-15)14-12-6-10-5-11(8-12)9-13(14)7-10/h10-14H,1-9,16H2/t10-,11-,12-,13+,14?. The highest BCUT2D eigenvalue weighted by molar-refractivity contribution is 5.08. The van der Waals surface area contributed by atoms with Crippen LogP contribution in [-0.4, -0.2) is 5.54 Å². The van der Waals surface area contributed by atoms with E-state index in [-0.39, 0.29) is 5.54 Å². The van der Waals surface area contributed by atoms with E-state index >= 15 is 0 Å². The van der Waals surface area contributed by atoms with Gasteiger partial charge in [-0.3, -0.25) is 0 Å². The Morgan fingerprint density at radius 3 is 1.75 bits per heavy atom. The summed E-state index contributed by atoms with van der Waals surface area (Å²) in [6, 6.07) is 0. The minimum absolute atomic E-state index is 0.266. The molecule has 16 heavy (non-hydrogen) atoms. The van der Waals surface area contributed by atoms with Gasteiger partial charge in [-0.15, -0.1) is 0 Å². The Balaban J connectivity index is 1.64. The zero-order valence-corrected chi connectivity index (χ0v) is 10.3. The van der Waals surface area contributed by atoms with Gasteiger partial charge < -0.3 is 5.73 Å². The van der Waals surface area contributed by atoms with Crippen LogP contribution < -0.4 is 5.73 Å². The first-order chi connectivity index (χ1) is 7.74. The molecular formula is C15H25N. The van der Waals surface area contributed by atoms with Crippen LogP contribution in [0, 0.1) is 29.6 Å². The molecule has 90 valence electrons. The Morgan fingerprint density at radius 2 is 1.25 bits per heavy atom. The minimum atomic E-state index is 0.266. The quantitative estimate of drug-likeness (QED) is 0.719. The molecule has 0 heterocycles. The van der Waals surface area contributed by atoms with Crippen LogP contribution in [0.4, 0.5) is 0 Å². The van der Waals surface area contributed by atoms with Crippen molar-refractivity contribution in [3.05, 3.63) is 0 Å². The van der Waals surface area contributed by atoms with E-state index in [1.807, 2.05) is 0 Å². The van der Waals surface area contributed by atoms with Gasteiger partial charge in [-0.1, -0.05) is 12.8 Å². The summed E-state index contributed by atoms with van der Waals surface area (Å²) in [5, 5.41) is 0. The first kappa shape index (κ1) is 9.94. The summed E-state index contributed by atoms with van der Waals surface area (Å²) in [6.45, 7) is 0. The molecule has 0 unspecified atom stereocenters. The number of rotatable bonds is 1. The molecule has 1 heteroatoms. The van der Waals surface area contributed by atoms with E-state index in [1.54, 1.807) is 6.42 Å². The van der Waals surface area contributed by atoms with Gasteiger partial charge in [-0.25, -0.2) is 0 Å². The Hall–Kier alpha value is -0.0400. The normalized spacial score (nSPS) is 53.4. The van der Waals surface area contributed by atoms with E-state index < -0.39 is 0 Å². The summed E-state index contributed by atoms with van der Waals surface area (Å²) < 4.78 is 0. The van der Waals surface area contributed by atoms with E-state index in [4.69, 9.17) is 5.73 Å². The lowest BCUT2D eigenvalue weighted by atomic mass is 9.48. The second-order valence-electron chi connectivity index (χ2n) is 7.40. The predicted octanol–water partition coefficient (Wildman–Crippen LogP) is 3.33. The monoisotopic (exact) mass is 219 g/mol. The molecule has 2 N–H and O–H groups in total. The molecule has 5 aliphatic carbocycles.